The van der Waals surface area contributed by atoms with E-state index in [1.165, 1.54) is 43.0 Å². The summed E-state index contributed by atoms with van der Waals surface area (Å²) in [6.07, 6.45) is 1.81. The average Bonchev–Trinajstić information content (AvgIpc) is 3.16. The van der Waals surface area contributed by atoms with E-state index in [4.69, 9.17) is 0 Å². The van der Waals surface area contributed by atoms with Gasteiger partial charge in [0.05, 0.1) is 12.3 Å². The smallest absolute Gasteiger partial charge is 0.116 e. The Bertz CT molecular complexity index is 1730. The van der Waals surface area contributed by atoms with Gasteiger partial charge < -0.3 is 34.0 Å². The van der Waals surface area contributed by atoms with Crippen molar-refractivity contribution in [3.63, 3.8) is 0 Å². The molecule has 0 unspecified atom stereocenters. The summed E-state index contributed by atoms with van der Waals surface area (Å²) in [6, 6.07) is 71.6. The molecular weight excluding hydrogens is 910 g/mol. The van der Waals surface area contributed by atoms with Crippen LogP contribution < -0.4 is 65.8 Å². The van der Waals surface area contributed by atoms with Crippen LogP contribution in [-0.2, 0) is 12.3 Å². The van der Waals surface area contributed by atoms with E-state index < -0.39 is 14.5 Å². The largest absolute Gasteiger partial charge is 1.00 e. The lowest BCUT2D eigenvalue weighted by molar-refractivity contribution is -0.00100. The maximum absolute atomic E-state index is 4.14. The summed E-state index contributed by atoms with van der Waals surface area (Å²) in [7, 11) is -4.13. The number of rotatable bonds is 10. The summed E-state index contributed by atoms with van der Waals surface area (Å²) < 4.78 is 2.31. The van der Waals surface area contributed by atoms with Gasteiger partial charge in [-0.15, -0.1) is 0 Å². The second-order valence-electron chi connectivity index (χ2n) is 12.0. The molecule has 0 N–H and O–H groups in total. The molecule has 0 bridgehead atoms. The van der Waals surface area contributed by atoms with E-state index in [9.17, 15) is 0 Å². The molecule has 6 heteroatoms. The minimum Gasteiger partial charge on any atom is -1.00 e. The van der Waals surface area contributed by atoms with Crippen molar-refractivity contribution < 1.29 is 34.0 Å². The van der Waals surface area contributed by atoms with Gasteiger partial charge in [-0.05, 0) is 84.9 Å². The fraction of sp³-hybridized carbons (Fsp3) is 0.0455. The standard InChI is InChI=1S/C44H36Br2P2.2BrH/c45-43-32-36(34-48(40-25-13-4-14-26-40,41-27-15-5-16-28-41)42-29-17-6-18-30-42)44(46)31-35(43)33-47(37-19-7-1-8-20-37,38-21-9-2-10-22-38)39-23-11-3-12-24-39;;/h1-32H,33-34H2;2*1H/q+2;;/p-2. The highest BCUT2D eigenvalue weighted by Crippen LogP contribution is 2.61. The second-order valence-corrected chi connectivity index (χ2v) is 20.7. The molecule has 0 spiro atoms. The topological polar surface area (TPSA) is 0 Å². The Morgan fingerprint density at radius 1 is 0.300 bits per heavy atom. The SMILES string of the molecule is Brc1cc(C[P+](c2ccccc2)(c2ccccc2)c2ccccc2)c(Br)cc1C[P+](c1ccccc1)(c1ccccc1)c1ccccc1.[Br-].[Br-]. The third kappa shape index (κ3) is 7.73. The highest BCUT2D eigenvalue weighted by Gasteiger charge is 2.47. The number of benzene rings is 7. The fourth-order valence-electron chi connectivity index (χ4n) is 6.92. The lowest BCUT2D eigenvalue weighted by Gasteiger charge is -2.29. The maximum Gasteiger partial charge on any atom is 0.116 e. The number of halogens is 4. The summed E-state index contributed by atoms with van der Waals surface area (Å²) in [5.74, 6) is 0. The van der Waals surface area contributed by atoms with Gasteiger partial charge in [0, 0.05) is 20.1 Å². The monoisotopic (exact) mass is 942 g/mol. The fourth-order valence-corrected chi connectivity index (χ4v) is 16.9. The van der Waals surface area contributed by atoms with Crippen molar-refractivity contribution in [2.24, 2.45) is 0 Å². The minimum atomic E-state index is -2.07. The maximum atomic E-state index is 4.14. The van der Waals surface area contributed by atoms with Crippen molar-refractivity contribution in [2.45, 2.75) is 12.3 Å². The number of hydrogen-bond donors (Lipinski definition) is 0. The van der Waals surface area contributed by atoms with Crippen LogP contribution in [0.1, 0.15) is 11.1 Å². The Morgan fingerprint density at radius 2 is 0.480 bits per heavy atom. The van der Waals surface area contributed by atoms with Crippen molar-refractivity contribution in [3.8, 4) is 0 Å². The van der Waals surface area contributed by atoms with Gasteiger partial charge in [0.2, 0.25) is 0 Å². The highest BCUT2D eigenvalue weighted by molar-refractivity contribution is 9.11. The van der Waals surface area contributed by atoms with Crippen LogP contribution in [0.4, 0.5) is 0 Å². The second kappa shape index (κ2) is 17.7. The first kappa shape index (κ1) is 38.5. The molecule has 250 valence electrons. The molecule has 7 aromatic carbocycles. The van der Waals surface area contributed by atoms with Crippen LogP contribution in [0.3, 0.4) is 0 Å². The molecule has 7 aromatic rings. The molecule has 0 aliphatic rings. The van der Waals surface area contributed by atoms with E-state index in [-0.39, 0.29) is 34.0 Å². The van der Waals surface area contributed by atoms with Crippen LogP contribution in [-0.4, -0.2) is 0 Å². The third-order valence-corrected chi connectivity index (χ3v) is 19.4. The summed E-state index contributed by atoms with van der Waals surface area (Å²) >= 11 is 8.27. The highest BCUT2D eigenvalue weighted by atomic mass is 79.9. The molecular formula is C44H36Br4P2. The predicted molar refractivity (Wildman–Crippen MR) is 220 cm³/mol. The first-order valence-electron chi connectivity index (χ1n) is 16.2. The van der Waals surface area contributed by atoms with Gasteiger partial charge in [0.1, 0.15) is 46.4 Å². The summed E-state index contributed by atoms with van der Waals surface area (Å²) in [6.45, 7) is 0. The van der Waals surface area contributed by atoms with Crippen molar-refractivity contribution in [3.05, 3.63) is 214 Å². The van der Waals surface area contributed by atoms with E-state index in [1.54, 1.807) is 0 Å². The van der Waals surface area contributed by atoms with E-state index >= 15 is 0 Å². The first-order chi connectivity index (χ1) is 23.6. The summed E-state index contributed by atoms with van der Waals surface area (Å²) in [5, 5.41) is 8.31. The first-order valence-corrected chi connectivity index (χ1v) is 21.7. The van der Waals surface area contributed by atoms with Crippen LogP contribution in [0.5, 0.6) is 0 Å². The molecule has 0 radical (unpaired) electrons. The Balaban J connectivity index is 0.00000243. The molecule has 0 fully saturated rings. The van der Waals surface area contributed by atoms with Crippen LogP contribution >= 0.6 is 46.4 Å². The van der Waals surface area contributed by atoms with E-state index in [0.29, 0.717) is 0 Å². The average molecular weight is 946 g/mol. The molecule has 50 heavy (non-hydrogen) atoms. The Labute approximate surface area is 335 Å². The Kier molecular flexibility index (Phi) is 13.6. The Morgan fingerprint density at radius 3 is 0.660 bits per heavy atom. The van der Waals surface area contributed by atoms with Crippen LogP contribution in [0, 0.1) is 0 Å². The van der Waals surface area contributed by atoms with Crippen LogP contribution in [0.15, 0.2) is 203 Å². The normalized spacial score (nSPS) is 11.2. The van der Waals surface area contributed by atoms with Gasteiger partial charge >= 0.3 is 0 Å². The predicted octanol–water partition coefficient (Wildman–Crippen LogP) is 4.21. The molecule has 0 saturated heterocycles. The summed E-state index contributed by atoms with van der Waals surface area (Å²) in [4.78, 5) is 0. The van der Waals surface area contributed by atoms with Crippen LogP contribution in [0.25, 0.3) is 0 Å². The zero-order valence-corrected chi connectivity index (χ0v) is 35.4. The summed E-state index contributed by atoms with van der Waals surface area (Å²) in [5.41, 5.74) is 2.61. The van der Waals surface area contributed by atoms with Crippen molar-refractivity contribution >= 4 is 78.2 Å². The van der Waals surface area contributed by atoms with Gasteiger partial charge in [-0.1, -0.05) is 141 Å². The lowest BCUT2D eigenvalue weighted by atomic mass is 10.2. The van der Waals surface area contributed by atoms with Crippen molar-refractivity contribution in [2.75, 3.05) is 0 Å². The molecule has 0 nitrogen and oxygen atoms in total. The molecule has 0 amide bonds. The molecule has 0 atom stereocenters. The minimum absolute atomic E-state index is 0. The van der Waals surface area contributed by atoms with E-state index in [0.717, 1.165) is 21.3 Å². The van der Waals surface area contributed by atoms with Crippen molar-refractivity contribution in [1.29, 1.82) is 0 Å². The molecule has 0 heterocycles. The van der Waals surface area contributed by atoms with Gasteiger partial charge in [-0.3, -0.25) is 0 Å². The molecule has 7 rings (SSSR count). The zero-order chi connectivity index (χ0) is 32.8. The molecule has 0 aromatic heterocycles. The van der Waals surface area contributed by atoms with Gasteiger partial charge in [0.25, 0.3) is 0 Å². The lowest BCUT2D eigenvalue weighted by Crippen LogP contribution is -3.00. The number of hydrogen-bond acceptors (Lipinski definition) is 0. The Hall–Kier alpha value is -2.68. The molecule has 0 aliphatic heterocycles. The van der Waals surface area contributed by atoms with Gasteiger partial charge in [-0.2, -0.15) is 0 Å². The quantitative estimate of drug-likeness (QED) is 0.181. The van der Waals surface area contributed by atoms with Crippen LogP contribution in [0.2, 0.25) is 0 Å². The third-order valence-electron chi connectivity index (χ3n) is 9.21. The zero-order valence-electron chi connectivity index (χ0n) is 27.3. The molecule has 0 aliphatic carbocycles. The van der Waals surface area contributed by atoms with E-state index in [1.807, 2.05) is 0 Å². The van der Waals surface area contributed by atoms with Gasteiger partial charge in [-0.25, -0.2) is 0 Å². The van der Waals surface area contributed by atoms with Gasteiger partial charge in [0.15, 0.2) is 0 Å². The van der Waals surface area contributed by atoms with Crippen molar-refractivity contribution in [1.82, 2.24) is 0 Å². The molecule has 0 saturated carbocycles. The van der Waals surface area contributed by atoms with E-state index in [2.05, 4.69) is 226 Å².